The SMILES string of the molecule is Cc1ccc(S(=O)(=O)NCc2ccccc2)c(N)c1. The molecular weight excluding hydrogens is 260 g/mol. The molecule has 19 heavy (non-hydrogen) atoms. The molecule has 0 saturated carbocycles. The predicted octanol–water partition coefficient (Wildman–Crippen LogP) is 2.06. The summed E-state index contributed by atoms with van der Waals surface area (Å²) in [6.07, 6.45) is 0. The minimum Gasteiger partial charge on any atom is -0.398 e. The van der Waals surface area contributed by atoms with Crippen LogP contribution in [0.2, 0.25) is 0 Å². The number of hydrogen-bond acceptors (Lipinski definition) is 3. The monoisotopic (exact) mass is 276 g/mol. The molecule has 0 aliphatic carbocycles. The van der Waals surface area contributed by atoms with Gasteiger partial charge in [0.2, 0.25) is 10.0 Å². The van der Waals surface area contributed by atoms with Crippen LogP contribution < -0.4 is 10.5 Å². The number of rotatable bonds is 4. The highest BCUT2D eigenvalue weighted by molar-refractivity contribution is 7.89. The Bertz CT molecular complexity index is 667. The number of nitrogens with one attached hydrogen (secondary N) is 1. The van der Waals surface area contributed by atoms with Gasteiger partial charge in [-0.05, 0) is 30.2 Å². The number of hydrogen-bond donors (Lipinski definition) is 2. The summed E-state index contributed by atoms with van der Waals surface area (Å²) in [5.41, 5.74) is 7.85. The molecule has 2 rings (SSSR count). The van der Waals surface area contributed by atoms with Crippen molar-refractivity contribution < 1.29 is 8.42 Å². The van der Waals surface area contributed by atoms with E-state index in [1.807, 2.05) is 37.3 Å². The molecule has 0 bridgehead atoms. The molecule has 0 aromatic heterocycles. The van der Waals surface area contributed by atoms with Gasteiger partial charge in [0.25, 0.3) is 0 Å². The predicted molar refractivity (Wildman–Crippen MR) is 76.1 cm³/mol. The third kappa shape index (κ3) is 3.33. The molecule has 100 valence electrons. The molecule has 0 aliphatic heterocycles. The molecule has 5 heteroatoms. The molecule has 2 aromatic carbocycles. The van der Waals surface area contributed by atoms with Crippen molar-refractivity contribution in [3.63, 3.8) is 0 Å². The van der Waals surface area contributed by atoms with Crippen LogP contribution in [0.1, 0.15) is 11.1 Å². The fraction of sp³-hybridized carbons (Fsp3) is 0.143. The number of aryl methyl sites for hydroxylation is 1. The largest absolute Gasteiger partial charge is 0.398 e. The van der Waals surface area contributed by atoms with Crippen molar-refractivity contribution in [3.8, 4) is 0 Å². The Kier molecular flexibility index (Phi) is 3.87. The van der Waals surface area contributed by atoms with Gasteiger partial charge in [-0.2, -0.15) is 0 Å². The highest BCUT2D eigenvalue weighted by Crippen LogP contribution is 2.19. The third-order valence-electron chi connectivity index (χ3n) is 2.76. The van der Waals surface area contributed by atoms with Gasteiger partial charge < -0.3 is 5.73 Å². The topological polar surface area (TPSA) is 72.2 Å². The molecule has 0 amide bonds. The van der Waals surface area contributed by atoms with Crippen LogP contribution in [0, 0.1) is 6.92 Å². The second-order valence-electron chi connectivity index (χ2n) is 4.35. The number of nitrogen functional groups attached to an aromatic ring is 1. The van der Waals surface area contributed by atoms with Gasteiger partial charge in [-0.25, -0.2) is 13.1 Å². The minimum atomic E-state index is -3.58. The normalized spacial score (nSPS) is 11.4. The number of benzene rings is 2. The van der Waals surface area contributed by atoms with Crippen LogP contribution in [0.5, 0.6) is 0 Å². The van der Waals surface area contributed by atoms with E-state index in [1.165, 1.54) is 6.07 Å². The van der Waals surface area contributed by atoms with E-state index in [4.69, 9.17) is 5.73 Å². The second-order valence-corrected chi connectivity index (χ2v) is 6.09. The van der Waals surface area contributed by atoms with E-state index in [2.05, 4.69) is 4.72 Å². The molecule has 0 heterocycles. The van der Waals surface area contributed by atoms with Crippen LogP contribution in [0.15, 0.2) is 53.4 Å². The maximum atomic E-state index is 12.1. The van der Waals surface area contributed by atoms with Gasteiger partial charge in [0.1, 0.15) is 4.90 Å². The molecule has 0 fully saturated rings. The van der Waals surface area contributed by atoms with Crippen molar-refractivity contribution in [2.45, 2.75) is 18.4 Å². The lowest BCUT2D eigenvalue weighted by atomic mass is 10.2. The van der Waals surface area contributed by atoms with Crippen LogP contribution in [-0.4, -0.2) is 8.42 Å². The van der Waals surface area contributed by atoms with Crippen molar-refractivity contribution in [1.82, 2.24) is 4.72 Å². The maximum absolute atomic E-state index is 12.1. The standard InChI is InChI=1S/C14H16N2O2S/c1-11-7-8-14(13(15)9-11)19(17,18)16-10-12-5-3-2-4-6-12/h2-9,16H,10,15H2,1H3. The Balaban J connectivity index is 2.19. The van der Waals surface area contributed by atoms with E-state index in [9.17, 15) is 8.42 Å². The van der Waals surface area contributed by atoms with E-state index in [0.717, 1.165) is 11.1 Å². The average molecular weight is 276 g/mol. The molecule has 0 radical (unpaired) electrons. The molecule has 0 saturated heterocycles. The Morgan fingerprint density at radius 1 is 1.11 bits per heavy atom. The fourth-order valence-electron chi connectivity index (χ4n) is 1.76. The molecule has 4 nitrogen and oxygen atoms in total. The van der Waals surface area contributed by atoms with Crippen LogP contribution in [0.25, 0.3) is 0 Å². The lowest BCUT2D eigenvalue weighted by Gasteiger charge is -2.09. The molecule has 0 aliphatic rings. The van der Waals surface area contributed by atoms with Gasteiger partial charge >= 0.3 is 0 Å². The summed E-state index contributed by atoms with van der Waals surface area (Å²) in [6.45, 7) is 2.11. The summed E-state index contributed by atoms with van der Waals surface area (Å²) in [4.78, 5) is 0.119. The van der Waals surface area contributed by atoms with Gasteiger partial charge in [-0.15, -0.1) is 0 Å². The number of nitrogens with two attached hydrogens (primary N) is 1. The van der Waals surface area contributed by atoms with Crippen LogP contribution >= 0.6 is 0 Å². The van der Waals surface area contributed by atoms with Gasteiger partial charge in [0.15, 0.2) is 0 Å². The van der Waals surface area contributed by atoms with E-state index in [-0.39, 0.29) is 17.1 Å². The summed E-state index contributed by atoms with van der Waals surface area (Å²) in [5.74, 6) is 0. The van der Waals surface area contributed by atoms with E-state index in [1.54, 1.807) is 12.1 Å². The van der Waals surface area contributed by atoms with Crippen molar-refractivity contribution in [1.29, 1.82) is 0 Å². The summed E-state index contributed by atoms with van der Waals surface area (Å²) in [6, 6.07) is 14.2. The molecule has 0 spiro atoms. The fourth-order valence-corrected chi connectivity index (χ4v) is 2.89. The molecular formula is C14H16N2O2S. The zero-order valence-electron chi connectivity index (χ0n) is 10.6. The van der Waals surface area contributed by atoms with Gasteiger partial charge in [-0.1, -0.05) is 36.4 Å². The minimum absolute atomic E-state index is 0.119. The summed E-state index contributed by atoms with van der Waals surface area (Å²) in [5, 5.41) is 0. The van der Waals surface area contributed by atoms with Crippen molar-refractivity contribution in [2.24, 2.45) is 0 Å². The summed E-state index contributed by atoms with van der Waals surface area (Å²) >= 11 is 0. The lowest BCUT2D eigenvalue weighted by Crippen LogP contribution is -2.24. The Labute approximate surface area is 113 Å². The Morgan fingerprint density at radius 3 is 2.42 bits per heavy atom. The first-order valence-corrected chi connectivity index (χ1v) is 7.37. The second kappa shape index (κ2) is 5.42. The van der Waals surface area contributed by atoms with E-state index < -0.39 is 10.0 Å². The first-order chi connectivity index (χ1) is 8.99. The lowest BCUT2D eigenvalue weighted by molar-refractivity contribution is 0.581. The number of anilines is 1. The van der Waals surface area contributed by atoms with E-state index in [0.29, 0.717) is 0 Å². The number of sulfonamides is 1. The van der Waals surface area contributed by atoms with Crippen LogP contribution in [0.3, 0.4) is 0 Å². The Hall–Kier alpha value is -1.85. The smallest absolute Gasteiger partial charge is 0.242 e. The van der Waals surface area contributed by atoms with Crippen LogP contribution in [-0.2, 0) is 16.6 Å². The first-order valence-electron chi connectivity index (χ1n) is 5.89. The molecule has 3 N–H and O–H groups in total. The highest BCUT2D eigenvalue weighted by Gasteiger charge is 2.16. The van der Waals surface area contributed by atoms with Gasteiger partial charge in [-0.3, -0.25) is 0 Å². The Morgan fingerprint density at radius 2 is 1.79 bits per heavy atom. The van der Waals surface area contributed by atoms with Crippen molar-refractivity contribution in [2.75, 3.05) is 5.73 Å². The first kappa shape index (κ1) is 13.6. The summed E-state index contributed by atoms with van der Waals surface area (Å²) < 4.78 is 26.8. The van der Waals surface area contributed by atoms with Crippen molar-refractivity contribution >= 4 is 15.7 Å². The molecule has 0 unspecified atom stereocenters. The van der Waals surface area contributed by atoms with Crippen molar-refractivity contribution in [3.05, 3.63) is 59.7 Å². The molecule has 2 aromatic rings. The van der Waals surface area contributed by atoms with Gasteiger partial charge in [0.05, 0.1) is 5.69 Å². The molecule has 0 atom stereocenters. The third-order valence-corrected chi connectivity index (χ3v) is 4.24. The highest BCUT2D eigenvalue weighted by atomic mass is 32.2. The van der Waals surface area contributed by atoms with Crippen LogP contribution in [0.4, 0.5) is 5.69 Å². The zero-order valence-corrected chi connectivity index (χ0v) is 11.4. The van der Waals surface area contributed by atoms with E-state index >= 15 is 0 Å². The maximum Gasteiger partial charge on any atom is 0.242 e. The average Bonchev–Trinajstić information content (AvgIpc) is 2.37. The quantitative estimate of drug-likeness (QED) is 0.840. The zero-order chi connectivity index (χ0) is 13.9. The summed E-state index contributed by atoms with van der Waals surface area (Å²) in [7, 11) is -3.58. The van der Waals surface area contributed by atoms with Gasteiger partial charge in [0, 0.05) is 6.54 Å².